The molecule has 10 heteroatoms. The molecule has 0 aliphatic heterocycles. The number of carbonyl (C=O) groups excluding carboxylic acids is 2. The van der Waals surface area contributed by atoms with E-state index >= 15 is 0 Å². The van der Waals surface area contributed by atoms with Crippen molar-refractivity contribution < 1.29 is 14.3 Å². The number of fused-ring (bicyclic) bond motifs is 1. The average Bonchev–Trinajstić information content (AvgIpc) is 3.14. The van der Waals surface area contributed by atoms with Gasteiger partial charge in [-0.2, -0.15) is 0 Å². The van der Waals surface area contributed by atoms with Gasteiger partial charge in [0.2, 0.25) is 0 Å². The number of hydrogen-bond donors (Lipinski definition) is 0. The molecule has 4 aromatic rings. The van der Waals surface area contributed by atoms with Crippen LogP contribution in [0.1, 0.15) is 13.8 Å². The summed E-state index contributed by atoms with van der Waals surface area (Å²) in [5.74, 6) is -1.06. The van der Waals surface area contributed by atoms with Gasteiger partial charge >= 0.3 is 5.97 Å². The number of nitrogens with zero attached hydrogens (tertiary/aromatic N) is 3. The molecule has 0 N–H and O–H groups in total. The van der Waals surface area contributed by atoms with Gasteiger partial charge in [0.15, 0.2) is 25.8 Å². The molecule has 0 spiro atoms. The second-order valence-electron chi connectivity index (χ2n) is 6.92. The predicted octanol–water partition coefficient (Wildman–Crippen LogP) is 4.58. The molecule has 2 aromatic carbocycles. The predicted molar refractivity (Wildman–Crippen MR) is 132 cm³/mol. The number of carbonyl (C=O) groups is 2. The van der Waals surface area contributed by atoms with Crippen molar-refractivity contribution in [1.29, 1.82) is 0 Å². The van der Waals surface area contributed by atoms with Gasteiger partial charge in [0.05, 0.1) is 12.3 Å². The molecule has 0 fully saturated rings. The fourth-order valence-electron chi connectivity index (χ4n) is 3.24. The normalized spacial score (nSPS) is 11.9. The molecule has 0 aliphatic carbocycles. The highest BCUT2D eigenvalue weighted by Gasteiger charge is 2.29. The Hall–Kier alpha value is -3.08. The van der Waals surface area contributed by atoms with Gasteiger partial charge in [-0.05, 0) is 50.3 Å². The van der Waals surface area contributed by atoms with E-state index in [0.717, 1.165) is 17.4 Å². The van der Waals surface area contributed by atoms with Gasteiger partial charge < -0.3 is 4.74 Å². The first kappa shape index (κ1) is 23.1. The van der Waals surface area contributed by atoms with Crippen LogP contribution in [0.2, 0.25) is 0 Å². The molecule has 1 unspecified atom stereocenters. The Morgan fingerprint density at radius 3 is 2.18 bits per heavy atom. The van der Waals surface area contributed by atoms with Crippen molar-refractivity contribution in [1.82, 2.24) is 14.1 Å². The number of ketones is 1. The summed E-state index contributed by atoms with van der Waals surface area (Å²) < 4.78 is 9.06. The van der Waals surface area contributed by atoms with Gasteiger partial charge in [0.1, 0.15) is 4.70 Å². The quantitative estimate of drug-likeness (QED) is 0.121. The van der Waals surface area contributed by atoms with Gasteiger partial charge in [0.25, 0.3) is 5.56 Å². The van der Waals surface area contributed by atoms with Crippen LogP contribution in [0.15, 0.2) is 70.6 Å². The molecular weight excluding hydrogens is 478 g/mol. The highest BCUT2D eigenvalue weighted by Crippen LogP contribution is 2.30. The average molecular weight is 498 g/mol. The number of para-hydroxylation sites is 2. The van der Waals surface area contributed by atoms with Crippen molar-refractivity contribution in [2.24, 2.45) is 0 Å². The van der Waals surface area contributed by atoms with E-state index in [1.54, 1.807) is 35.8 Å². The van der Waals surface area contributed by atoms with Crippen LogP contribution in [0.5, 0.6) is 0 Å². The largest absolute Gasteiger partial charge is 0.465 e. The van der Waals surface area contributed by atoms with Crippen LogP contribution < -0.4 is 5.56 Å². The maximum Gasteiger partial charge on any atom is 0.327 e. The van der Waals surface area contributed by atoms with Crippen LogP contribution >= 0.6 is 35.3 Å². The summed E-state index contributed by atoms with van der Waals surface area (Å²) in [4.78, 5) is 43.2. The Labute approximate surface area is 202 Å². The Bertz CT molecular complexity index is 1440. The number of esters is 1. The van der Waals surface area contributed by atoms with Gasteiger partial charge in [0, 0.05) is 5.69 Å². The lowest BCUT2D eigenvalue weighted by Gasteiger charge is -2.16. The Kier molecular flexibility index (Phi) is 6.87. The number of thiazole rings is 1. The van der Waals surface area contributed by atoms with Crippen molar-refractivity contribution in [3.8, 4) is 11.4 Å². The van der Waals surface area contributed by atoms with E-state index in [1.165, 1.54) is 22.8 Å². The molecule has 33 heavy (non-hydrogen) atoms. The minimum atomic E-state index is -1.16. The summed E-state index contributed by atoms with van der Waals surface area (Å²) in [7, 11) is 0. The molecule has 0 saturated carbocycles. The van der Waals surface area contributed by atoms with Crippen LogP contribution in [-0.2, 0) is 14.3 Å². The molecule has 0 saturated heterocycles. The van der Waals surface area contributed by atoms with Gasteiger partial charge in [-0.25, -0.2) is 4.98 Å². The molecule has 2 aromatic heterocycles. The fourth-order valence-corrected chi connectivity index (χ4v) is 5.53. The van der Waals surface area contributed by atoms with Crippen LogP contribution in [-0.4, -0.2) is 37.7 Å². The summed E-state index contributed by atoms with van der Waals surface area (Å²) in [5.41, 5.74) is 1.38. The van der Waals surface area contributed by atoms with Gasteiger partial charge in [-0.1, -0.05) is 59.5 Å². The standard InChI is InChI=1S/C23H19N3O4S3/c1-3-30-21(29)17(14(2)27)32-22-24-19-18(20(28)26(22)16-12-8-5-9-13-16)33-23(31)25(19)15-10-6-4-7-11-15/h4-13,17H,3H2,1-2H3. The van der Waals surface area contributed by atoms with Crippen LogP contribution in [0.25, 0.3) is 21.7 Å². The third-order valence-electron chi connectivity index (χ3n) is 4.70. The Morgan fingerprint density at radius 1 is 1.06 bits per heavy atom. The number of ether oxygens (including phenoxy) is 1. The molecule has 0 amide bonds. The van der Waals surface area contributed by atoms with E-state index in [2.05, 4.69) is 0 Å². The van der Waals surface area contributed by atoms with E-state index in [1.807, 2.05) is 36.4 Å². The van der Waals surface area contributed by atoms with E-state index < -0.39 is 17.0 Å². The first-order chi connectivity index (χ1) is 15.9. The molecule has 0 radical (unpaired) electrons. The molecule has 4 rings (SSSR count). The number of Topliss-reactive ketones (excluding diaryl/α,β-unsaturated/α-hetero) is 1. The number of rotatable bonds is 7. The molecule has 0 bridgehead atoms. The fraction of sp³-hybridized carbons (Fsp3) is 0.174. The number of aromatic nitrogens is 3. The lowest BCUT2D eigenvalue weighted by Crippen LogP contribution is -2.29. The summed E-state index contributed by atoms with van der Waals surface area (Å²) in [5, 5.41) is -0.958. The number of benzene rings is 2. The van der Waals surface area contributed by atoms with E-state index in [4.69, 9.17) is 21.9 Å². The summed E-state index contributed by atoms with van der Waals surface area (Å²) in [6, 6.07) is 18.3. The minimum absolute atomic E-state index is 0.138. The highest BCUT2D eigenvalue weighted by molar-refractivity contribution is 8.01. The maximum atomic E-state index is 13.7. The van der Waals surface area contributed by atoms with Crippen molar-refractivity contribution in [3.05, 3.63) is 75.0 Å². The van der Waals surface area contributed by atoms with Crippen LogP contribution in [0.4, 0.5) is 0 Å². The SMILES string of the molecule is CCOC(=O)C(Sc1nc2c(sc(=S)n2-c2ccccc2)c(=O)n1-c1ccccc1)C(C)=O. The van der Waals surface area contributed by atoms with Crippen LogP contribution in [0.3, 0.4) is 0 Å². The zero-order valence-corrected chi connectivity index (χ0v) is 20.2. The third kappa shape index (κ3) is 4.54. The second-order valence-corrected chi connectivity index (χ2v) is 9.64. The summed E-state index contributed by atoms with van der Waals surface area (Å²) in [6.45, 7) is 3.12. The molecule has 7 nitrogen and oxygen atoms in total. The van der Waals surface area contributed by atoms with Crippen molar-refractivity contribution in [3.63, 3.8) is 0 Å². The molecule has 2 heterocycles. The monoisotopic (exact) mass is 497 g/mol. The molecule has 1 atom stereocenters. The zero-order valence-electron chi connectivity index (χ0n) is 17.8. The summed E-state index contributed by atoms with van der Waals surface area (Å²) >= 11 is 7.63. The van der Waals surface area contributed by atoms with Crippen LogP contribution in [0, 0.1) is 3.95 Å². The minimum Gasteiger partial charge on any atom is -0.465 e. The van der Waals surface area contributed by atoms with E-state index in [9.17, 15) is 14.4 Å². The summed E-state index contributed by atoms with van der Waals surface area (Å²) in [6.07, 6.45) is 0. The van der Waals surface area contributed by atoms with Crippen molar-refractivity contribution in [2.45, 2.75) is 24.3 Å². The first-order valence-electron chi connectivity index (χ1n) is 10.1. The third-order valence-corrected chi connectivity index (χ3v) is 7.29. The van der Waals surface area contributed by atoms with Crippen molar-refractivity contribution >= 4 is 57.4 Å². The lowest BCUT2D eigenvalue weighted by atomic mass is 10.3. The highest BCUT2D eigenvalue weighted by atomic mass is 32.2. The van der Waals surface area contributed by atoms with E-state index in [-0.39, 0.29) is 17.3 Å². The van der Waals surface area contributed by atoms with E-state index in [0.29, 0.717) is 20.0 Å². The smallest absolute Gasteiger partial charge is 0.327 e. The topological polar surface area (TPSA) is 83.2 Å². The molecular formula is C23H19N3O4S3. The number of thioether (sulfide) groups is 1. The lowest BCUT2D eigenvalue weighted by molar-refractivity contribution is -0.144. The molecule has 168 valence electrons. The Morgan fingerprint density at radius 2 is 1.64 bits per heavy atom. The zero-order chi connectivity index (χ0) is 23.5. The number of hydrogen-bond acceptors (Lipinski definition) is 8. The van der Waals surface area contributed by atoms with Crippen molar-refractivity contribution in [2.75, 3.05) is 6.61 Å². The Balaban J connectivity index is 2.00. The maximum absolute atomic E-state index is 13.7. The van der Waals surface area contributed by atoms with Gasteiger partial charge in [-0.15, -0.1) is 0 Å². The van der Waals surface area contributed by atoms with Gasteiger partial charge in [-0.3, -0.25) is 23.5 Å². The first-order valence-corrected chi connectivity index (χ1v) is 12.2. The second kappa shape index (κ2) is 9.82. The molecule has 0 aliphatic rings.